The van der Waals surface area contributed by atoms with Crippen LogP contribution in [0.5, 0.6) is 0 Å². The van der Waals surface area contributed by atoms with E-state index in [0.29, 0.717) is 4.90 Å². The number of aliphatic hydroxyl groups is 1. The number of carbonyl (C=O) groups excluding carboxylic acids is 2. The van der Waals surface area contributed by atoms with Gasteiger partial charge in [0.05, 0.1) is 6.61 Å². The minimum Gasteiger partial charge on any atom is -0.480 e. The van der Waals surface area contributed by atoms with Gasteiger partial charge in [-0.3, -0.25) is 14.5 Å². The molecule has 0 aromatic heterocycles. The summed E-state index contributed by atoms with van der Waals surface area (Å²) in [4.78, 5) is 32.8. The zero-order valence-electron chi connectivity index (χ0n) is 6.51. The Morgan fingerprint density at radius 2 is 1.85 bits per heavy atom. The van der Waals surface area contributed by atoms with Crippen LogP contribution in [0.15, 0.2) is 12.2 Å². The molecule has 0 saturated carbocycles. The highest BCUT2D eigenvalue weighted by Crippen LogP contribution is 2.08. The predicted molar refractivity (Wildman–Crippen MR) is 39.5 cm³/mol. The second-order valence-corrected chi connectivity index (χ2v) is 2.42. The zero-order chi connectivity index (χ0) is 10.0. The first-order valence-corrected chi connectivity index (χ1v) is 3.47. The molecular weight excluding hydrogens is 178 g/mol. The molecule has 2 N–H and O–H groups in total. The fourth-order valence-electron chi connectivity index (χ4n) is 0.989. The summed E-state index contributed by atoms with van der Waals surface area (Å²) in [6.45, 7) is -0.783. The summed E-state index contributed by atoms with van der Waals surface area (Å²) in [7, 11) is 0. The number of amides is 2. The lowest BCUT2D eigenvalue weighted by atomic mass is 10.3. The summed E-state index contributed by atoms with van der Waals surface area (Å²) in [6.07, 6.45) is 1.93. The van der Waals surface area contributed by atoms with Gasteiger partial charge in [-0.15, -0.1) is 0 Å². The van der Waals surface area contributed by atoms with E-state index >= 15 is 0 Å². The van der Waals surface area contributed by atoms with Gasteiger partial charge < -0.3 is 10.2 Å². The van der Waals surface area contributed by atoms with Crippen molar-refractivity contribution in [2.75, 3.05) is 6.61 Å². The molecule has 0 aliphatic carbocycles. The first kappa shape index (κ1) is 9.40. The molecule has 0 radical (unpaired) electrons. The van der Waals surface area contributed by atoms with Gasteiger partial charge in [0.15, 0.2) is 6.04 Å². The van der Waals surface area contributed by atoms with Crippen LogP contribution in [-0.4, -0.2) is 45.5 Å². The average molecular weight is 185 g/mol. The molecule has 0 aromatic rings. The molecule has 1 aliphatic heterocycles. The van der Waals surface area contributed by atoms with Crippen LogP contribution in [-0.2, 0) is 14.4 Å². The number of carboxylic acids is 1. The van der Waals surface area contributed by atoms with Gasteiger partial charge in [-0.2, -0.15) is 0 Å². The molecule has 1 aliphatic rings. The highest BCUT2D eigenvalue weighted by molar-refractivity contribution is 6.14. The third kappa shape index (κ3) is 1.57. The molecule has 70 valence electrons. The summed E-state index contributed by atoms with van der Waals surface area (Å²) in [5.74, 6) is -2.84. The second-order valence-electron chi connectivity index (χ2n) is 2.42. The molecule has 13 heavy (non-hydrogen) atoms. The largest absolute Gasteiger partial charge is 0.480 e. The van der Waals surface area contributed by atoms with Crippen molar-refractivity contribution in [3.63, 3.8) is 0 Å². The Kier molecular flexibility index (Phi) is 2.43. The summed E-state index contributed by atoms with van der Waals surface area (Å²) >= 11 is 0. The van der Waals surface area contributed by atoms with Crippen LogP contribution in [0.3, 0.4) is 0 Å². The van der Waals surface area contributed by atoms with E-state index in [9.17, 15) is 14.4 Å². The molecule has 1 unspecified atom stereocenters. The molecule has 1 atom stereocenters. The van der Waals surface area contributed by atoms with Gasteiger partial charge >= 0.3 is 5.97 Å². The quantitative estimate of drug-likeness (QED) is 0.514. The van der Waals surface area contributed by atoms with Gasteiger partial charge in [0, 0.05) is 12.2 Å². The molecule has 0 saturated heterocycles. The monoisotopic (exact) mass is 185 g/mol. The highest BCUT2D eigenvalue weighted by atomic mass is 16.4. The number of nitrogens with zero attached hydrogens (tertiary/aromatic N) is 1. The lowest BCUT2D eigenvalue weighted by Gasteiger charge is -2.19. The van der Waals surface area contributed by atoms with Crippen LogP contribution in [0.4, 0.5) is 0 Å². The second kappa shape index (κ2) is 3.36. The highest BCUT2D eigenvalue weighted by Gasteiger charge is 2.35. The number of carboxylic acid groups (broad SMARTS) is 1. The zero-order valence-corrected chi connectivity index (χ0v) is 6.51. The molecular formula is C7H7NO5. The van der Waals surface area contributed by atoms with Gasteiger partial charge in [-0.25, -0.2) is 4.79 Å². The number of carbonyl (C=O) groups is 3. The minimum atomic E-state index is -1.49. The maximum absolute atomic E-state index is 10.9. The number of rotatable bonds is 3. The fraction of sp³-hybridized carbons (Fsp3) is 0.286. The smallest absolute Gasteiger partial charge is 0.329 e. The Balaban J connectivity index is 2.87. The fourth-order valence-corrected chi connectivity index (χ4v) is 0.989. The number of imide groups is 1. The summed E-state index contributed by atoms with van der Waals surface area (Å²) < 4.78 is 0. The van der Waals surface area contributed by atoms with E-state index in [1.54, 1.807) is 0 Å². The Hall–Kier alpha value is -1.69. The first-order chi connectivity index (χ1) is 6.07. The van der Waals surface area contributed by atoms with E-state index < -0.39 is 30.4 Å². The molecule has 0 aromatic carbocycles. The molecule has 1 rings (SSSR count). The summed E-state index contributed by atoms with van der Waals surface area (Å²) in [6, 6.07) is -1.49. The van der Waals surface area contributed by atoms with Gasteiger partial charge in [-0.1, -0.05) is 0 Å². The number of aliphatic carboxylic acids is 1. The minimum absolute atomic E-state index is 0.502. The van der Waals surface area contributed by atoms with E-state index in [0.717, 1.165) is 12.2 Å². The van der Waals surface area contributed by atoms with Crippen molar-refractivity contribution in [1.29, 1.82) is 0 Å². The number of hydrogen-bond donors (Lipinski definition) is 2. The molecule has 6 nitrogen and oxygen atoms in total. The Morgan fingerprint density at radius 3 is 2.15 bits per heavy atom. The molecule has 0 bridgehead atoms. The van der Waals surface area contributed by atoms with Crippen molar-refractivity contribution >= 4 is 17.8 Å². The van der Waals surface area contributed by atoms with Crippen LogP contribution in [0.1, 0.15) is 0 Å². The van der Waals surface area contributed by atoms with Crippen LogP contribution in [0.2, 0.25) is 0 Å². The molecule has 0 fully saturated rings. The first-order valence-electron chi connectivity index (χ1n) is 3.47. The van der Waals surface area contributed by atoms with Crippen molar-refractivity contribution in [2.45, 2.75) is 6.04 Å². The Morgan fingerprint density at radius 1 is 1.38 bits per heavy atom. The van der Waals surface area contributed by atoms with Gasteiger partial charge in [-0.05, 0) is 0 Å². The molecule has 2 amide bonds. The van der Waals surface area contributed by atoms with E-state index in [-0.39, 0.29) is 0 Å². The van der Waals surface area contributed by atoms with Crippen molar-refractivity contribution < 1.29 is 24.6 Å². The Bertz CT molecular complexity index is 277. The lowest BCUT2D eigenvalue weighted by molar-refractivity contribution is -0.155. The van der Waals surface area contributed by atoms with Crippen molar-refractivity contribution in [2.24, 2.45) is 0 Å². The number of aliphatic hydroxyl groups excluding tert-OH is 1. The van der Waals surface area contributed by atoms with E-state index in [4.69, 9.17) is 10.2 Å². The van der Waals surface area contributed by atoms with Crippen molar-refractivity contribution in [3.8, 4) is 0 Å². The summed E-state index contributed by atoms with van der Waals surface area (Å²) in [5.41, 5.74) is 0. The summed E-state index contributed by atoms with van der Waals surface area (Å²) in [5, 5.41) is 17.2. The van der Waals surface area contributed by atoms with Crippen molar-refractivity contribution in [1.82, 2.24) is 4.90 Å². The lowest BCUT2D eigenvalue weighted by Crippen LogP contribution is -2.47. The third-order valence-electron chi connectivity index (χ3n) is 1.61. The maximum atomic E-state index is 10.9. The third-order valence-corrected chi connectivity index (χ3v) is 1.61. The standard InChI is InChI=1S/C7H7NO5/c9-3-4(7(12)13)8-5(10)1-2-6(8)11/h1-2,4,9H,3H2,(H,12,13). The van der Waals surface area contributed by atoms with Crippen LogP contribution in [0, 0.1) is 0 Å². The van der Waals surface area contributed by atoms with E-state index in [1.807, 2.05) is 0 Å². The van der Waals surface area contributed by atoms with E-state index in [2.05, 4.69) is 0 Å². The topological polar surface area (TPSA) is 94.9 Å². The van der Waals surface area contributed by atoms with Crippen molar-refractivity contribution in [3.05, 3.63) is 12.2 Å². The van der Waals surface area contributed by atoms with Gasteiger partial charge in [0.25, 0.3) is 11.8 Å². The van der Waals surface area contributed by atoms with Crippen LogP contribution >= 0.6 is 0 Å². The molecule has 1 heterocycles. The van der Waals surface area contributed by atoms with E-state index in [1.165, 1.54) is 0 Å². The normalized spacial score (nSPS) is 18.1. The van der Waals surface area contributed by atoms with Gasteiger partial charge in [0.2, 0.25) is 0 Å². The predicted octanol–water partition coefficient (Wildman–Crippen LogP) is -1.64. The van der Waals surface area contributed by atoms with Gasteiger partial charge in [0.1, 0.15) is 0 Å². The maximum Gasteiger partial charge on any atom is 0.329 e. The average Bonchev–Trinajstić information content (AvgIpc) is 2.36. The Labute approximate surface area is 73.1 Å². The SMILES string of the molecule is O=C(O)C(CO)N1C(=O)C=CC1=O. The molecule has 0 spiro atoms. The number of hydrogen-bond acceptors (Lipinski definition) is 4. The molecule has 6 heteroatoms. The van der Waals surface area contributed by atoms with Crippen LogP contribution < -0.4 is 0 Å². The van der Waals surface area contributed by atoms with Crippen LogP contribution in [0.25, 0.3) is 0 Å².